The van der Waals surface area contributed by atoms with E-state index in [9.17, 15) is 14.7 Å². The van der Waals surface area contributed by atoms with Gasteiger partial charge in [-0.25, -0.2) is 0 Å². The van der Waals surface area contributed by atoms with Crippen molar-refractivity contribution in [3.05, 3.63) is 0 Å². The molecule has 5 heteroatoms. The predicted molar refractivity (Wildman–Crippen MR) is 191 cm³/mol. The number of carbonyl (C=O) groups is 2. The summed E-state index contributed by atoms with van der Waals surface area (Å²) in [6.45, 7) is 4.95. The van der Waals surface area contributed by atoms with Gasteiger partial charge in [-0.2, -0.15) is 0 Å². The molecule has 2 amide bonds. The zero-order chi connectivity index (χ0) is 32.2. The van der Waals surface area contributed by atoms with Crippen molar-refractivity contribution in [2.75, 3.05) is 6.54 Å². The van der Waals surface area contributed by atoms with Crippen molar-refractivity contribution in [1.82, 2.24) is 10.6 Å². The molecule has 0 saturated carbocycles. The second kappa shape index (κ2) is 36.4. The summed E-state index contributed by atoms with van der Waals surface area (Å²) < 4.78 is 0. The van der Waals surface area contributed by atoms with Crippen LogP contribution in [0.25, 0.3) is 0 Å². The van der Waals surface area contributed by atoms with Gasteiger partial charge in [0.05, 0.1) is 0 Å². The molecule has 3 N–H and O–H groups in total. The average Bonchev–Trinajstić information content (AvgIpc) is 3.01. The third kappa shape index (κ3) is 35.4. The number of aliphatic hydroxyl groups is 1. The fourth-order valence-corrected chi connectivity index (χ4v) is 6.08. The topological polar surface area (TPSA) is 78.4 Å². The molecule has 0 aromatic rings. The van der Waals surface area contributed by atoms with Crippen LogP contribution in [0.15, 0.2) is 0 Å². The smallest absolute Gasteiger partial charge is 0.221 e. The molecule has 0 fully saturated rings. The van der Waals surface area contributed by atoms with Gasteiger partial charge in [-0.3, -0.25) is 9.59 Å². The predicted octanol–water partition coefficient (Wildman–Crippen LogP) is 11.5. The zero-order valence-corrected chi connectivity index (χ0v) is 29.9. The summed E-state index contributed by atoms with van der Waals surface area (Å²) in [5.41, 5.74) is 0. The van der Waals surface area contributed by atoms with Crippen molar-refractivity contribution in [3.63, 3.8) is 0 Å². The van der Waals surface area contributed by atoms with Crippen LogP contribution in [0, 0.1) is 0 Å². The fourth-order valence-electron chi connectivity index (χ4n) is 6.08. The van der Waals surface area contributed by atoms with Gasteiger partial charge in [0.2, 0.25) is 11.8 Å². The summed E-state index contributed by atoms with van der Waals surface area (Å²) in [5, 5.41) is 15.6. The molecule has 0 aromatic heterocycles. The molecule has 0 aliphatic carbocycles. The Bertz CT molecular complexity index is 598. The number of hydrogen-bond acceptors (Lipinski definition) is 3. The SMILES string of the molecule is CCCCCCCCCCCCCCCCCC(=O)NCCC(O)NC(=O)CCCCCCCCCCCCCCCCC. The van der Waals surface area contributed by atoms with Crippen LogP contribution in [0.5, 0.6) is 0 Å². The Kier molecular flexibility index (Phi) is 35.5. The lowest BCUT2D eigenvalue weighted by molar-refractivity contribution is -0.124. The first kappa shape index (κ1) is 42.9. The standard InChI is InChI=1S/C39H78N2O3/c1-3-5-7-9-11-13-15-17-19-21-23-25-27-29-31-33-37(42)40-36-35-39(44)41-38(43)34-32-30-28-26-24-22-20-18-16-14-12-10-8-6-4-2/h39,44H,3-36H2,1-2H3,(H,40,42)(H,41,43). The molecule has 0 radical (unpaired) electrons. The third-order valence-corrected chi connectivity index (χ3v) is 9.08. The Balaban J connectivity index is 3.37. The van der Waals surface area contributed by atoms with Crippen LogP contribution in [0.4, 0.5) is 0 Å². The maximum atomic E-state index is 12.1. The maximum absolute atomic E-state index is 12.1. The first-order chi connectivity index (χ1) is 21.6. The van der Waals surface area contributed by atoms with Crippen molar-refractivity contribution in [2.45, 2.75) is 232 Å². The average molecular weight is 623 g/mol. The number of amides is 2. The van der Waals surface area contributed by atoms with Crippen LogP contribution < -0.4 is 10.6 Å². The molecule has 1 unspecified atom stereocenters. The first-order valence-electron chi connectivity index (χ1n) is 19.8. The van der Waals surface area contributed by atoms with Crippen molar-refractivity contribution in [2.24, 2.45) is 0 Å². The molecule has 44 heavy (non-hydrogen) atoms. The van der Waals surface area contributed by atoms with E-state index < -0.39 is 6.23 Å². The van der Waals surface area contributed by atoms with E-state index in [4.69, 9.17) is 0 Å². The van der Waals surface area contributed by atoms with Crippen LogP contribution in [0.2, 0.25) is 0 Å². The van der Waals surface area contributed by atoms with Crippen molar-refractivity contribution in [3.8, 4) is 0 Å². The number of aliphatic hydroxyl groups excluding tert-OH is 1. The molecule has 0 aromatic carbocycles. The molecule has 0 rings (SSSR count). The van der Waals surface area contributed by atoms with Gasteiger partial charge < -0.3 is 15.7 Å². The van der Waals surface area contributed by atoms with Crippen LogP contribution in [0.3, 0.4) is 0 Å². The quantitative estimate of drug-likeness (QED) is 0.0480. The highest BCUT2D eigenvalue weighted by molar-refractivity contribution is 5.76. The summed E-state index contributed by atoms with van der Waals surface area (Å²) in [6.07, 6.45) is 39.9. The second-order valence-corrected chi connectivity index (χ2v) is 13.6. The van der Waals surface area contributed by atoms with E-state index in [0.29, 0.717) is 25.8 Å². The summed E-state index contributed by atoms with van der Waals surface area (Å²) in [7, 11) is 0. The number of rotatable bonds is 36. The molecule has 0 saturated heterocycles. The number of carbonyl (C=O) groups excluding carboxylic acids is 2. The zero-order valence-electron chi connectivity index (χ0n) is 29.9. The molecular formula is C39H78N2O3. The molecule has 0 aliphatic heterocycles. The van der Waals surface area contributed by atoms with Gasteiger partial charge in [0, 0.05) is 25.8 Å². The minimum Gasteiger partial charge on any atom is -0.374 e. The van der Waals surface area contributed by atoms with E-state index in [1.165, 1.54) is 167 Å². The van der Waals surface area contributed by atoms with Gasteiger partial charge in [0.1, 0.15) is 6.23 Å². The minimum absolute atomic E-state index is 0.0519. The Hall–Kier alpha value is -1.10. The summed E-state index contributed by atoms with van der Waals surface area (Å²) >= 11 is 0. The minimum atomic E-state index is -0.884. The summed E-state index contributed by atoms with van der Waals surface area (Å²) in [5.74, 6) is -0.0349. The van der Waals surface area contributed by atoms with Gasteiger partial charge in [0.25, 0.3) is 0 Å². The Morgan fingerprint density at radius 1 is 0.432 bits per heavy atom. The normalized spacial score (nSPS) is 12.0. The molecule has 0 aliphatic rings. The molecule has 0 heterocycles. The first-order valence-corrected chi connectivity index (χ1v) is 19.8. The van der Waals surface area contributed by atoms with Crippen LogP contribution in [-0.4, -0.2) is 29.7 Å². The van der Waals surface area contributed by atoms with Crippen LogP contribution in [-0.2, 0) is 9.59 Å². The fraction of sp³-hybridized carbons (Fsp3) is 0.949. The van der Waals surface area contributed by atoms with E-state index in [1.807, 2.05) is 0 Å². The monoisotopic (exact) mass is 623 g/mol. The molecule has 0 bridgehead atoms. The number of hydrogen-bond donors (Lipinski definition) is 3. The van der Waals surface area contributed by atoms with Gasteiger partial charge in [-0.15, -0.1) is 0 Å². The van der Waals surface area contributed by atoms with Crippen molar-refractivity contribution >= 4 is 11.8 Å². The largest absolute Gasteiger partial charge is 0.374 e. The lowest BCUT2D eigenvalue weighted by Gasteiger charge is -2.13. The Morgan fingerprint density at radius 3 is 1.02 bits per heavy atom. The van der Waals surface area contributed by atoms with Gasteiger partial charge in [-0.05, 0) is 12.8 Å². The maximum Gasteiger partial charge on any atom is 0.221 e. The van der Waals surface area contributed by atoms with Gasteiger partial charge in [0.15, 0.2) is 0 Å². The van der Waals surface area contributed by atoms with E-state index in [-0.39, 0.29) is 11.8 Å². The Morgan fingerprint density at radius 2 is 0.705 bits per heavy atom. The summed E-state index contributed by atoms with van der Waals surface area (Å²) in [6, 6.07) is 0. The lowest BCUT2D eigenvalue weighted by Crippen LogP contribution is -2.37. The molecular weight excluding hydrogens is 544 g/mol. The van der Waals surface area contributed by atoms with E-state index in [2.05, 4.69) is 24.5 Å². The molecule has 0 spiro atoms. The molecule has 262 valence electrons. The highest BCUT2D eigenvalue weighted by Crippen LogP contribution is 2.15. The van der Waals surface area contributed by atoms with Gasteiger partial charge in [-0.1, -0.05) is 194 Å². The number of unbranched alkanes of at least 4 members (excludes halogenated alkanes) is 28. The Labute approximate surface area is 275 Å². The van der Waals surface area contributed by atoms with Crippen molar-refractivity contribution in [1.29, 1.82) is 0 Å². The second-order valence-electron chi connectivity index (χ2n) is 13.6. The number of nitrogens with one attached hydrogen (secondary N) is 2. The van der Waals surface area contributed by atoms with Crippen LogP contribution in [0.1, 0.15) is 226 Å². The summed E-state index contributed by atoms with van der Waals surface area (Å²) in [4.78, 5) is 24.2. The molecule has 5 nitrogen and oxygen atoms in total. The van der Waals surface area contributed by atoms with E-state index in [1.54, 1.807) is 0 Å². The molecule has 1 atom stereocenters. The lowest BCUT2D eigenvalue weighted by atomic mass is 10.0. The van der Waals surface area contributed by atoms with Gasteiger partial charge >= 0.3 is 0 Å². The van der Waals surface area contributed by atoms with E-state index >= 15 is 0 Å². The highest BCUT2D eigenvalue weighted by Gasteiger charge is 2.09. The third-order valence-electron chi connectivity index (χ3n) is 9.08. The highest BCUT2D eigenvalue weighted by atomic mass is 16.3. The van der Waals surface area contributed by atoms with Crippen molar-refractivity contribution < 1.29 is 14.7 Å². The van der Waals surface area contributed by atoms with Crippen LogP contribution >= 0.6 is 0 Å². The van der Waals surface area contributed by atoms with E-state index in [0.717, 1.165) is 25.7 Å².